The van der Waals surface area contributed by atoms with Gasteiger partial charge in [-0.05, 0) is 23.8 Å². The van der Waals surface area contributed by atoms with Crippen LogP contribution in [0.4, 0.5) is 0 Å². The summed E-state index contributed by atoms with van der Waals surface area (Å²) in [7, 11) is 0. The van der Waals surface area contributed by atoms with E-state index in [1.165, 1.54) is 11.3 Å². The highest BCUT2D eigenvalue weighted by molar-refractivity contribution is 7.21. The summed E-state index contributed by atoms with van der Waals surface area (Å²) in [6, 6.07) is 7.33. The minimum absolute atomic E-state index is 0.173. The molecule has 0 spiro atoms. The van der Waals surface area contributed by atoms with Gasteiger partial charge in [0, 0.05) is 34.0 Å². The maximum absolute atomic E-state index is 12.2. The fourth-order valence-electron chi connectivity index (χ4n) is 1.92. The predicted octanol–water partition coefficient (Wildman–Crippen LogP) is 4.47. The molecule has 2 aromatic heterocycles. The fourth-order valence-corrected chi connectivity index (χ4v) is 3.63. The minimum Gasteiger partial charge on any atom is -0.367 e. The van der Waals surface area contributed by atoms with Crippen LogP contribution >= 0.6 is 34.5 Å². The van der Waals surface area contributed by atoms with Crippen molar-refractivity contribution in [3.63, 3.8) is 0 Å². The average molecular weight is 325 g/mol. The van der Waals surface area contributed by atoms with Gasteiger partial charge in [0.15, 0.2) is 0 Å². The zero-order valence-corrected chi connectivity index (χ0v) is 12.6. The first-order chi connectivity index (χ1) is 9.65. The number of hydrogen-bond donors (Lipinski definition) is 2. The number of rotatable bonds is 3. The standard InChI is InChI=1S/C14H10Cl2N2OS/c15-9-1-2-10-11(5-9)20-13(12(10)16)14(19)18-7-8-3-4-17-6-8/h1-6,17H,7H2,(H,18,19). The average Bonchev–Trinajstić information content (AvgIpc) is 3.04. The molecule has 1 aromatic carbocycles. The van der Waals surface area contributed by atoms with Crippen LogP contribution in [-0.4, -0.2) is 10.9 Å². The molecule has 3 aromatic rings. The lowest BCUT2D eigenvalue weighted by molar-refractivity contribution is 0.0955. The summed E-state index contributed by atoms with van der Waals surface area (Å²) in [6.07, 6.45) is 3.66. The summed E-state index contributed by atoms with van der Waals surface area (Å²) < 4.78 is 0.911. The van der Waals surface area contributed by atoms with Crippen molar-refractivity contribution in [3.8, 4) is 0 Å². The highest BCUT2D eigenvalue weighted by atomic mass is 35.5. The van der Waals surface area contributed by atoms with E-state index in [0.717, 1.165) is 15.6 Å². The van der Waals surface area contributed by atoms with Gasteiger partial charge < -0.3 is 10.3 Å². The van der Waals surface area contributed by atoms with E-state index in [2.05, 4.69) is 10.3 Å². The molecule has 0 bridgehead atoms. The summed E-state index contributed by atoms with van der Waals surface area (Å²) in [5.41, 5.74) is 1.01. The van der Waals surface area contributed by atoms with E-state index in [4.69, 9.17) is 23.2 Å². The van der Waals surface area contributed by atoms with Crippen LogP contribution in [0.15, 0.2) is 36.7 Å². The molecule has 0 radical (unpaired) electrons. The Labute approximate surface area is 129 Å². The Bertz CT molecular complexity index is 765. The third-order valence-corrected chi connectivity index (χ3v) is 4.80. The number of fused-ring (bicyclic) bond motifs is 1. The topological polar surface area (TPSA) is 44.9 Å². The van der Waals surface area contributed by atoms with E-state index < -0.39 is 0 Å². The van der Waals surface area contributed by atoms with Crippen LogP contribution in [0.1, 0.15) is 15.2 Å². The third-order valence-electron chi connectivity index (χ3n) is 2.91. The lowest BCUT2D eigenvalue weighted by Gasteiger charge is -2.01. The first-order valence-corrected chi connectivity index (χ1v) is 7.50. The SMILES string of the molecule is O=C(NCc1cc[nH]c1)c1sc2cc(Cl)ccc2c1Cl. The minimum atomic E-state index is -0.173. The number of aromatic nitrogens is 1. The lowest BCUT2D eigenvalue weighted by Crippen LogP contribution is -2.21. The number of nitrogens with one attached hydrogen (secondary N) is 2. The van der Waals surface area contributed by atoms with Crippen molar-refractivity contribution < 1.29 is 4.79 Å². The lowest BCUT2D eigenvalue weighted by atomic mass is 10.2. The smallest absolute Gasteiger partial charge is 0.263 e. The molecule has 3 nitrogen and oxygen atoms in total. The summed E-state index contributed by atoms with van der Waals surface area (Å²) >= 11 is 13.6. The van der Waals surface area contributed by atoms with Crippen molar-refractivity contribution in [1.29, 1.82) is 0 Å². The highest BCUT2D eigenvalue weighted by Crippen LogP contribution is 2.36. The van der Waals surface area contributed by atoms with E-state index in [-0.39, 0.29) is 5.91 Å². The first kappa shape index (κ1) is 13.5. The van der Waals surface area contributed by atoms with Gasteiger partial charge in [0.2, 0.25) is 0 Å². The van der Waals surface area contributed by atoms with Crippen LogP contribution in [-0.2, 0) is 6.54 Å². The second kappa shape index (κ2) is 5.48. The normalized spacial score (nSPS) is 10.9. The van der Waals surface area contributed by atoms with Crippen LogP contribution in [0.3, 0.4) is 0 Å². The molecule has 0 fully saturated rings. The second-order valence-electron chi connectivity index (χ2n) is 4.29. The van der Waals surface area contributed by atoms with E-state index in [0.29, 0.717) is 21.5 Å². The number of benzene rings is 1. The zero-order valence-electron chi connectivity index (χ0n) is 10.2. The Morgan fingerprint density at radius 1 is 1.30 bits per heavy atom. The van der Waals surface area contributed by atoms with Gasteiger partial charge in [-0.3, -0.25) is 4.79 Å². The van der Waals surface area contributed by atoms with E-state index in [1.54, 1.807) is 6.07 Å². The van der Waals surface area contributed by atoms with Crippen LogP contribution < -0.4 is 5.32 Å². The molecule has 0 unspecified atom stereocenters. The molecule has 3 rings (SSSR count). The van der Waals surface area contributed by atoms with Crippen LogP contribution in [0.25, 0.3) is 10.1 Å². The molecule has 20 heavy (non-hydrogen) atoms. The van der Waals surface area contributed by atoms with Gasteiger partial charge in [0.25, 0.3) is 5.91 Å². The summed E-state index contributed by atoms with van der Waals surface area (Å²) in [6.45, 7) is 0.466. The second-order valence-corrected chi connectivity index (χ2v) is 6.15. The van der Waals surface area contributed by atoms with Crippen molar-refractivity contribution in [1.82, 2.24) is 10.3 Å². The van der Waals surface area contributed by atoms with Gasteiger partial charge in [-0.2, -0.15) is 0 Å². The fraction of sp³-hybridized carbons (Fsp3) is 0.0714. The molecular weight excluding hydrogens is 315 g/mol. The van der Waals surface area contributed by atoms with Crippen molar-refractivity contribution in [3.05, 3.63) is 57.1 Å². The Hall–Kier alpha value is -1.49. The Morgan fingerprint density at radius 3 is 2.90 bits per heavy atom. The number of H-pyrrole nitrogens is 1. The van der Waals surface area contributed by atoms with Gasteiger partial charge in [0.05, 0.1) is 5.02 Å². The van der Waals surface area contributed by atoms with Crippen molar-refractivity contribution >= 4 is 50.5 Å². The molecule has 0 atom stereocenters. The third kappa shape index (κ3) is 2.54. The molecule has 0 aliphatic rings. The Morgan fingerprint density at radius 2 is 2.15 bits per heavy atom. The molecule has 1 amide bonds. The Kier molecular flexibility index (Phi) is 3.70. The van der Waals surface area contributed by atoms with Crippen LogP contribution in [0.5, 0.6) is 0 Å². The molecular formula is C14H10Cl2N2OS. The molecule has 0 aliphatic carbocycles. The molecule has 6 heteroatoms. The number of hydrogen-bond acceptors (Lipinski definition) is 2. The van der Waals surface area contributed by atoms with E-state index in [1.807, 2.05) is 30.6 Å². The summed E-state index contributed by atoms with van der Waals surface area (Å²) in [4.78, 5) is 15.6. The molecule has 102 valence electrons. The van der Waals surface area contributed by atoms with Gasteiger partial charge >= 0.3 is 0 Å². The van der Waals surface area contributed by atoms with Crippen molar-refractivity contribution in [2.24, 2.45) is 0 Å². The van der Waals surface area contributed by atoms with E-state index in [9.17, 15) is 4.79 Å². The van der Waals surface area contributed by atoms with Gasteiger partial charge in [-0.15, -0.1) is 11.3 Å². The maximum atomic E-state index is 12.2. The van der Waals surface area contributed by atoms with Gasteiger partial charge in [0.1, 0.15) is 4.88 Å². The summed E-state index contributed by atoms with van der Waals surface area (Å²) in [5.74, 6) is -0.173. The van der Waals surface area contributed by atoms with Gasteiger partial charge in [-0.1, -0.05) is 29.3 Å². The predicted molar refractivity (Wildman–Crippen MR) is 83.8 cm³/mol. The number of amides is 1. The zero-order chi connectivity index (χ0) is 14.1. The molecule has 2 N–H and O–H groups in total. The van der Waals surface area contributed by atoms with Gasteiger partial charge in [-0.25, -0.2) is 0 Å². The molecule has 2 heterocycles. The first-order valence-electron chi connectivity index (χ1n) is 5.92. The monoisotopic (exact) mass is 324 g/mol. The van der Waals surface area contributed by atoms with Crippen molar-refractivity contribution in [2.75, 3.05) is 0 Å². The molecule has 0 saturated heterocycles. The maximum Gasteiger partial charge on any atom is 0.263 e. The number of thiophene rings is 1. The number of carbonyl (C=O) groups excluding carboxylic acids is 1. The highest BCUT2D eigenvalue weighted by Gasteiger charge is 2.17. The van der Waals surface area contributed by atoms with Crippen LogP contribution in [0.2, 0.25) is 10.0 Å². The quantitative estimate of drug-likeness (QED) is 0.733. The molecule has 0 aliphatic heterocycles. The largest absolute Gasteiger partial charge is 0.367 e. The molecule has 0 saturated carbocycles. The van der Waals surface area contributed by atoms with E-state index >= 15 is 0 Å². The Balaban J connectivity index is 1.85. The summed E-state index contributed by atoms with van der Waals surface area (Å²) in [5, 5.41) is 4.82. The van der Waals surface area contributed by atoms with Crippen LogP contribution in [0, 0.1) is 0 Å². The number of aromatic amines is 1. The number of carbonyl (C=O) groups is 1. The number of halogens is 2. The van der Waals surface area contributed by atoms with Crippen molar-refractivity contribution in [2.45, 2.75) is 6.54 Å².